The summed E-state index contributed by atoms with van der Waals surface area (Å²) in [7, 11) is 1.60. The number of carbonyl (C=O) groups excluding carboxylic acids is 2. The summed E-state index contributed by atoms with van der Waals surface area (Å²) in [6, 6.07) is 4.57. The Morgan fingerprint density at radius 1 is 1.26 bits per heavy atom. The molecule has 1 saturated heterocycles. The van der Waals surface area contributed by atoms with Crippen molar-refractivity contribution in [2.75, 3.05) is 44.7 Å². The second-order valence-electron chi connectivity index (χ2n) is 5.45. The smallest absolute Gasteiger partial charge is 0.293 e. The minimum atomic E-state index is -0.460. The summed E-state index contributed by atoms with van der Waals surface area (Å²) in [6.45, 7) is 4.21. The topological polar surface area (TPSA) is 95.8 Å². The van der Waals surface area contributed by atoms with E-state index in [1.807, 2.05) is 9.80 Å². The number of anilines is 1. The molecule has 1 amide bonds. The highest BCUT2D eigenvalue weighted by molar-refractivity contribution is 5.95. The van der Waals surface area contributed by atoms with Crippen molar-refractivity contribution in [1.29, 1.82) is 0 Å². The van der Waals surface area contributed by atoms with E-state index < -0.39 is 4.92 Å². The molecule has 0 atom stereocenters. The van der Waals surface area contributed by atoms with Crippen LogP contribution in [-0.2, 0) is 4.79 Å². The first-order valence-corrected chi connectivity index (χ1v) is 7.39. The zero-order valence-electron chi connectivity index (χ0n) is 13.2. The van der Waals surface area contributed by atoms with Crippen molar-refractivity contribution in [1.82, 2.24) is 10.2 Å². The minimum Gasteiger partial charge on any atom is -0.363 e. The Labute approximate surface area is 134 Å². The summed E-state index contributed by atoms with van der Waals surface area (Å²) in [5.41, 5.74) is 0.788. The Morgan fingerprint density at radius 3 is 2.43 bits per heavy atom. The van der Waals surface area contributed by atoms with Crippen LogP contribution in [0, 0.1) is 10.1 Å². The molecule has 0 aromatic heterocycles. The van der Waals surface area contributed by atoms with Crippen LogP contribution in [0.25, 0.3) is 0 Å². The zero-order valence-corrected chi connectivity index (χ0v) is 13.2. The van der Waals surface area contributed by atoms with E-state index in [4.69, 9.17) is 0 Å². The van der Waals surface area contributed by atoms with Gasteiger partial charge in [0.25, 0.3) is 5.69 Å². The van der Waals surface area contributed by atoms with Gasteiger partial charge in [0.1, 0.15) is 5.69 Å². The molecule has 1 aliphatic heterocycles. The minimum absolute atomic E-state index is 0.0461. The number of likely N-dealkylation sites (N-methyl/N-ethyl adjacent to an activating group) is 1. The number of nitrogens with zero attached hydrogens (tertiary/aromatic N) is 3. The van der Waals surface area contributed by atoms with E-state index in [0.717, 1.165) is 0 Å². The maximum atomic E-state index is 11.4. The molecule has 1 N–H and O–H groups in total. The lowest BCUT2D eigenvalue weighted by molar-refractivity contribution is -0.384. The normalized spacial score (nSPS) is 15.3. The van der Waals surface area contributed by atoms with Gasteiger partial charge in [-0.2, -0.15) is 0 Å². The number of nitrogens with one attached hydrogen (secondary N) is 1. The number of nitro groups is 1. The Hall–Kier alpha value is -2.48. The molecule has 0 saturated carbocycles. The Balaban J connectivity index is 2.12. The van der Waals surface area contributed by atoms with Gasteiger partial charge in [-0.1, -0.05) is 0 Å². The summed E-state index contributed by atoms with van der Waals surface area (Å²) in [6.07, 6.45) is 0. The molecule has 1 aromatic carbocycles. The van der Waals surface area contributed by atoms with Gasteiger partial charge in [-0.05, 0) is 19.1 Å². The van der Waals surface area contributed by atoms with Gasteiger partial charge in [0.05, 0.1) is 11.5 Å². The first kappa shape index (κ1) is 16.9. The fourth-order valence-electron chi connectivity index (χ4n) is 2.59. The standard InChI is InChI=1S/C15H20N4O4/c1-11(20)12-3-4-13(14(9-12)19(22)23)18-7-5-17(6-8-18)10-15(21)16-2/h3-4,9H,5-8,10H2,1-2H3,(H,16,21). The van der Waals surface area contributed by atoms with Crippen LogP contribution in [0.2, 0.25) is 0 Å². The SMILES string of the molecule is CNC(=O)CN1CCN(c2ccc(C(C)=O)cc2[N+](=O)[O-])CC1. The number of benzene rings is 1. The van der Waals surface area contributed by atoms with Crippen LogP contribution < -0.4 is 10.2 Å². The van der Waals surface area contributed by atoms with Crippen molar-refractivity contribution in [2.45, 2.75) is 6.92 Å². The predicted molar refractivity (Wildman–Crippen MR) is 85.8 cm³/mol. The largest absolute Gasteiger partial charge is 0.363 e. The number of piperazine rings is 1. The monoisotopic (exact) mass is 320 g/mol. The summed E-state index contributed by atoms with van der Waals surface area (Å²) < 4.78 is 0. The first-order chi connectivity index (χ1) is 10.9. The van der Waals surface area contributed by atoms with Crippen molar-refractivity contribution < 1.29 is 14.5 Å². The van der Waals surface area contributed by atoms with E-state index >= 15 is 0 Å². The van der Waals surface area contributed by atoms with Gasteiger partial charge in [0.15, 0.2) is 5.78 Å². The van der Waals surface area contributed by atoms with Gasteiger partial charge in [0, 0.05) is 44.9 Å². The number of hydrogen-bond acceptors (Lipinski definition) is 6. The molecule has 0 aliphatic carbocycles. The predicted octanol–water partition coefficient (Wildman–Crippen LogP) is 0.665. The van der Waals surface area contributed by atoms with E-state index in [-0.39, 0.29) is 17.4 Å². The molecule has 124 valence electrons. The highest BCUT2D eigenvalue weighted by atomic mass is 16.6. The molecule has 1 fully saturated rings. The molecule has 0 spiro atoms. The molecule has 0 radical (unpaired) electrons. The van der Waals surface area contributed by atoms with Gasteiger partial charge >= 0.3 is 0 Å². The van der Waals surface area contributed by atoms with E-state index in [1.165, 1.54) is 13.0 Å². The molecular formula is C15H20N4O4. The van der Waals surface area contributed by atoms with Gasteiger partial charge in [-0.15, -0.1) is 0 Å². The molecule has 8 nitrogen and oxygen atoms in total. The van der Waals surface area contributed by atoms with E-state index in [0.29, 0.717) is 44.0 Å². The van der Waals surface area contributed by atoms with Crippen molar-refractivity contribution in [3.8, 4) is 0 Å². The lowest BCUT2D eigenvalue weighted by Crippen LogP contribution is -2.49. The van der Waals surface area contributed by atoms with Crippen LogP contribution in [0.5, 0.6) is 0 Å². The van der Waals surface area contributed by atoms with Crippen LogP contribution in [0.15, 0.2) is 18.2 Å². The van der Waals surface area contributed by atoms with Gasteiger partial charge in [0.2, 0.25) is 5.91 Å². The maximum absolute atomic E-state index is 11.4. The Kier molecular flexibility index (Phi) is 5.28. The highest BCUT2D eigenvalue weighted by Gasteiger charge is 2.25. The number of rotatable bonds is 5. The first-order valence-electron chi connectivity index (χ1n) is 7.39. The summed E-state index contributed by atoms with van der Waals surface area (Å²) in [5.74, 6) is -0.245. The van der Waals surface area contributed by atoms with Gasteiger partial charge in [-0.25, -0.2) is 0 Å². The van der Waals surface area contributed by atoms with E-state index in [1.54, 1.807) is 19.2 Å². The molecule has 8 heteroatoms. The Bertz CT molecular complexity index is 624. The fourth-order valence-corrected chi connectivity index (χ4v) is 2.59. The maximum Gasteiger partial charge on any atom is 0.293 e. The van der Waals surface area contributed by atoms with Crippen LogP contribution >= 0.6 is 0 Å². The van der Waals surface area contributed by atoms with E-state index in [9.17, 15) is 19.7 Å². The zero-order chi connectivity index (χ0) is 17.0. The second-order valence-corrected chi connectivity index (χ2v) is 5.45. The number of carbonyl (C=O) groups is 2. The summed E-state index contributed by atoms with van der Waals surface area (Å²) in [4.78, 5) is 37.5. The Morgan fingerprint density at radius 2 is 1.91 bits per heavy atom. The second kappa shape index (κ2) is 7.19. The molecule has 0 bridgehead atoms. The molecule has 1 heterocycles. The summed E-state index contributed by atoms with van der Waals surface area (Å²) >= 11 is 0. The highest BCUT2D eigenvalue weighted by Crippen LogP contribution is 2.30. The van der Waals surface area contributed by atoms with Crippen LogP contribution in [-0.4, -0.2) is 61.3 Å². The molecular weight excluding hydrogens is 300 g/mol. The van der Waals surface area contributed by atoms with Gasteiger partial charge < -0.3 is 10.2 Å². The van der Waals surface area contributed by atoms with Gasteiger partial charge in [-0.3, -0.25) is 24.6 Å². The molecule has 1 aliphatic rings. The third kappa shape index (κ3) is 4.04. The number of nitro benzene ring substituents is 1. The fraction of sp³-hybridized carbons (Fsp3) is 0.467. The number of Topliss-reactive ketones (excluding diaryl/α,β-unsaturated/α-hetero) is 1. The summed E-state index contributed by atoms with van der Waals surface area (Å²) in [5, 5.41) is 13.9. The lowest BCUT2D eigenvalue weighted by Gasteiger charge is -2.35. The molecule has 2 rings (SSSR count). The van der Waals surface area contributed by atoms with Crippen LogP contribution in [0.4, 0.5) is 11.4 Å². The van der Waals surface area contributed by atoms with Crippen molar-refractivity contribution in [3.05, 3.63) is 33.9 Å². The van der Waals surface area contributed by atoms with E-state index in [2.05, 4.69) is 5.32 Å². The molecule has 23 heavy (non-hydrogen) atoms. The number of amides is 1. The van der Waals surface area contributed by atoms with Crippen molar-refractivity contribution in [2.24, 2.45) is 0 Å². The molecule has 1 aromatic rings. The molecule has 0 unspecified atom stereocenters. The van der Waals surface area contributed by atoms with Crippen LogP contribution in [0.3, 0.4) is 0 Å². The number of ketones is 1. The lowest BCUT2D eigenvalue weighted by atomic mass is 10.1. The van der Waals surface area contributed by atoms with Crippen molar-refractivity contribution in [3.63, 3.8) is 0 Å². The third-order valence-electron chi connectivity index (χ3n) is 3.94. The third-order valence-corrected chi connectivity index (χ3v) is 3.94. The van der Waals surface area contributed by atoms with Crippen LogP contribution in [0.1, 0.15) is 17.3 Å². The quantitative estimate of drug-likeness (QED) is 0.486. The average Bonchev–Trinajstić information content (AvgIpc) is 2.54. The average molecular weight is 320 g/mol. The van der Waals surface area contributed by atoms with Crippen molar-refractivity contribution >= 4 is 23.1 Å². The number of hydrogen-bond donors (Lipinski definition) is 1.